The van der Waals surface area contributed by atoms with Crippen LogP contribution < -0.4 is 5.32 Å². The summed E-state index contributed by atoms with van der Waals surface area (Å²) >= 11 is 7.20. The van der Waals surface area contributed by atoms with Crippen molar-refractivity contribution in [1.29, 1.82) is 0 Å². The molecule has 0 spiro atoms. The molecule has 98 valence electrons. The van der Waals surface area contributed by atoms with Crippen LogP contribution in [0.1, 0.15) is 13.8 Å². The number of nitrogens with zero attached hydrogens (tertiary/aromatic N) is 1. The zero-order chi connectivity index (χ0) is 13.3. The minimum absolute atomic E-state index is 0.129. The highest BCUT2D eigenvalue weighted by Crippen LogP contribution is 2.31. The van der Waals surface area contributed by atoms with E-state index in [1.165, 1.54) is 17.8 Å². The van der Waals surface area contributed by atoms with Gasteiger partial charge < -0.3 is 5.32 Å². The molecule has 4 nitrogen and oxygen atoms in total. The molecule has 1 heterocycles. The minimum Gasteiger partial charge on any atom is -0.333 e. The first-order chi connectivity index (χ1) is 8.38. The van der Waals surface area contributed by atoms with Gasteiger partial charge in [0.25, 0.3) is 10.0 Å². The topological polar surface area (TPSA) is 58.5 Å². The molecular formula is C11H13ClN2O2S2. The largest absolute Gasteiger partial charge is 0.333 e. The third-order valence-corrected chi connectivity index (χ3v) is 5.19. The summed E-state index contributed by atoms with van der Waals surface area (Å²) in [4.78, 5) is 0.129. The summed E-state index contributed by atoms with van der Waals surface area (Å²) in [7, 11) is -3.64. The number of halogens is 1. The second kappa shape index (κ2) is 5.11. The van der Waals surface area contributed by atoms with E-state index in [4.69, 9.17) is 11.6 Å². The standard InChI is InChI=1S/C11H13ClN2O2S2/c1-7(2)6-17-11-13-9-4-3-8(12)5-10(9)18(15,16)14-11/h3-5,7H,6H2,1-2H3,(H,13,14). The van der Waals surface area contributed by atoms with Crippen molar-refractivity contribution in [3.05, 3.63) is 23.2 Å². The lowest BCUT2D eigenvalue weighted by Crippen LogP contribution is -2.19. The van der Waals surface area contributed by atoms with Crippen molar-refractivity contribution in [2.45, 2.75) is 18.7 Å². The number of anilines is 1. The third kappa shape index (κ3) is 2.99. The van der Waals surface area contributed by atoms with Crippen LogP contribution in [0.4, 0.5) is 5.69 Å². The number of thioether (sulfide) groups is 1. The molecule has 0 fully saturated rings. The molecule has 0 saturated carbocycles. The van der Waals surface area contributed by atoms with E-state index in [1.54, 1.807) is 12.1 Å². The van der Waals surface area contributed by atoms with Crippen LogP contribution in [0.2, 0.25) is 5.02 Å². The summed E-state index contributed by atoms with van der Waals surface area (Å²) in [6.07, 6.45) is 0. The number of fused-ring (bicyclic) bond motifs is 1. The Morgan fingerprint density at radius 3 is 2.83 bits per heavy atom. The maximum Gasteiger partial charge on any atom is 0.286 e. The number of hydrogen-bond donors (Lipinski definition) is 1. The lowest BCUT2D eigenvalue weighted by molar-refractivity contribution is 0.598. The van der Waals surface area contributed by atoms with Crippen molar-refractivity contribution >= 4 is 44.2 Å². The fraction of sp³-hybridized carbons (Fsp3) is 0.364. The van der Waals surface area contributed by atoms with E-state index in [0.717, 1.165) is 5.75 Å². The molecule has 2 rings (SSSR count). The molecule has 0 radical (unpaired) electrons. The van der Waals surface area contributed by atoms with Crippen LogP contribution in [-0.4, -0.2) is 19.3 Å². The maximum atomic E-state index is 12.0. The van der Waals surface area contributed by atoms with Crippen LogP contribution in [0.25, 0.3) is 0 Å². The fourth-order valence-corrected chi connectivity index (χ4v) is 3.87. The SMILES string of the molecule is CC(C)CSC1=NS(=O)(=O)c2cc(Cl)ccc2N1. The Kier molecular flexibility index (Phi) is 3.89. The van der Waals surface area contributed by atoms with Crippen LogP contribution in [-0.2, 0) is 10.0 Å². The predicted molar refractivity (Wildman–Crippen MR) is 77.0 cm³/mol. The normalized spacial score (nSPS) is 17.0. The number of benzene rings is 1. The van der Waals surface area contributed by atoms with E-state index in [0.29, 0.717) is 21.8 Å². The van der Waals surface area contributed by atoms with Gasteiger partial charge in [-0.15, -0.1) is 4.40 Å². The van der Waals surface area contributed by atoms with Crippen LogP contribution in [0.3, 0.4) is 0 Å². The second-order valence-corrected chi connectivity index (χ2v) is 7.36. The Balaban J connectivity index is 2.33. The van der Waals surface area contributed by atoms with Crippen LogP contribution in [0.15, 0.2) is 27.5 Å². The Morgan fingerprint density at radius 1 is 1.44 bits per heavy atom. The Hall–Kier alpha value is -0.720. The van der Waals surface area contributed by atoms with Crippen molar-refractivity contribution in [2.75, 3.05) is 11.1 Å². The summed E-state index contributed by atoms with van der Waals surface area (Å²) < 4.78 is 27.7. The molecule has 0 aliphatic carbocycles. The molecule has 1 aliphatic heterocycles. The molecule has 0 bridgehead atoms. The van der Waals surface area contributed by atoms with Gasteiger partial charge >= 0.3 is 0 Å². The first-order valence-corrected chi connectivity index (χ1v) is 8.23. The first-order valence-electron chi connectivity index (χ1n) is 5.43. The first kappa shape index (κ1) is 13.7. The summed E-state index contributed by atoms with van der Waals surface area (Å²) in [5.74, 6) is 1.28. The molecule has 1 aromatic carbocycles. The van der Waals surface area contributed by atoms with Gasteiger partial charge in [0.2, 0.25) is 0 Å². The van der Waals surface area contributed by atoms with Crippen molar-refractivity contribution in [2.24, 2.45) is 10.3 Å². The van der Waals surface area contributed by atoms with Gasteiger partial charge in [0.05, 0.1) is 5.69 Å². The fourth-order valence-electron chi connectivity index (χ4n) is 1.42. The van der Waals surface area contributed by atoms with Gasteiger partial charge in [-0.2, -0.15) is 8.42 Å². The average Bonchev–Trinajstić information content (AvgIpc) is 2.27. The van der Waals surface area contributed by atoms with Crippen LogP contribution in [0.5, 0.6) is 0 Å². The van der Waals surface area contributed by atoms with Crippen molar-refractivity contribution < 1.29 is 8.42 Å². The van der Waals surface area contributed by atoms with Gasteiger partial charge in [-0.3, -0.25) is 0 Å². The van der Waals surface area contributed by atoms with Crippen LogP contribution in [0, 0.1) is 5.92 Å². The second-order valence-electron chi connectivity index (χ2n) is 4.34. The summed E-state index contributed by atoms with van der Waals surface area (Å²) in [6, 6.07) is 4.71. The van der Waals surface area contributed by atoms with Gasteiger partial charge in [-0.05, 0) is 24.1 Å². The maximum absolute atomic E-state index is 12.0. The highest BCUT2D eigenvalue weighted by molar-refractivity contribution is 8.14. The van der Waals surface area contributed by atoms with Gasteiger partial charge in [0.1, 0.15) is 4.90 Å². The Bertz CT molecular complexity index is 597. The minimum atomic E-state index is -3.64. The molecule has 0 unspecified atom stereocenters. The highest BCUT2D eigenvalue weighted by Gasteiger charge is 2.25. The van der Waals surface area contributed by atoms with E-state index in [9.17, 15) is 8.42 Å². The van der Waals surface area contributed by atoms with E-state index in [2.05, 4.69) is 23.6 Å². The van der Waals surface area contributed by atoms with Gasteiger partial charge in [-0.25, -0.2) is 0 Å². The molecular weight excluding hydrogens is 292 g/mol. The number of nitrogens with one attached hydrogen (secondary N) is 1. The quantitative estimate of drug-likeness (QED) is 0.911. The van der Waals surface area contributed by atoms with Crippen molar-refractivity contribution in [1.82, 2.24) is 0 Å². The lowest BCUT2D eigenvalue weighted by Gasteiger charge is -2.18. The molecule has 0 aromatic heterocycles. The van der Waals surface area contributed by atoms with E-state index < -0.39 is 10.0 Å². The molecule has 18 heavy (non-hydrogen) atoms. The Labute approximate surface area is 116 Å². The number of hydrogen-bond acceptors (Lipinski definition) is 4. The number of amidine groups is 1. The monoisotopic (exact) mass is 304 g/mol. The zero-order valence-electron chi connectivity index (χ0n) is 9.97. The number of rotatable bonds is 2. The molecule has 0 amide bonds. The molecule has 0 atom stereocenters. The van der Waals surface area contributed by atoms with Crippen LogP contribution >= 0.6 is 23.4 Å². The van der Waals surface area contributed by atoms with Gasteiger partial charge in [0, 0.05) is 10.8 Å². The smallest absolute Gasteiger partial charge is 0.286 e. The molecule has 1 aromatic rings. The lowest BCUT2D eigenvalue weighted by atomic mass is 10.3. The average molecular weight is 305 g/mol. The van der Waals surface area contributed by atoms with Gasteiger partial charge in [0.15, 0.2) is 5.17 Å². The van der Waals surface area contributed by atoms with Crippen molar-refractivity contribution in [3.63, 3.8) is 0 Å². The summed E-state index contributed by atoms with van der Waals surface area (Å²) in [5, 5.41) is 3.81. The van der Waals surface area contributed by atoms with Crippen molar-refractivity contribution in [3.8, 4) is 0 Å². The van der Waals surface area contributed by atoms with E-state index in [1.807, 2.05) is 0 Å². The highest BCUT2D eigenvalue weighted by atomic mass is 35.5. The molecule has 1 aliphatic rings. The van der Waals surface area contributed by atoms with E-state index >= 15 is 0 Å². The summed E-state index contributed by atoms with van der Waals surface area (Å²) in [5.41, 5.74) is 0.528. The zero-order valence-corrected chi connectivity index (χ0v) is 12.4. The molecule has 7 heteroatoms. The molecule has 0 saturated heterocycles. The summed E-state index contributed by atoms with van der Waals surface area (Å²) in [6.45, 7) is 4.14. The van der Waals surface area contributed by atoms with Gasteiger partial charge in [-0.1, -0.05) is 37.2 Å². The predicted octanol–water partition coefficient (Wildman–Crippen LogP) is 3.20. The molecule has 1 N–H and O–H groups in total. The van der Waals surface area contributed by atoms with E-state index in [-0.39, 0.29) is 4.90 Å². The Morgan fingerprint density at radius 2 is 2.17 bits per heavy atom. The number of sulfonamides is 1. The third-order valence-electron chi connectivity index (χ3n) is 2.22.